The van der Waals surface area contributed by atoms with Crippen LogP contribution in [0.1, 0.15) is 41.9 Å². The van der Waals surface area contributed by atoms with Gasteiger partial charge in [-0.1, -0.05) is 0 Å². The molecule has 0 N–H and O–H groups in total. The molecule has 0 saturated heterocycles. The Morgan fingerprint density at radius 3 is 2.95 bits per heavy atom. The zero-order chi connectivity index (χ0) is 14.0. The maximum absolute atomic E-state index is 12.1. The van der Waals surface area contributed by atoms with Crippen molar-refractivity contribution in [1.29, 1.82) is 5.26 Å². The largest absolute Gasteiger partial charge is 0.459 e. The number of hydrogen-bond donors (Lipinski definition) is 0. The van der Waals surface area contributed by atoms with Gasteiger partial charge in [0.25, 0.3) is 0 Å². The minimum absolute atomic E-state index is 0.125. The van der Waals surface area contributed by atoms with Crippen LogP contribution in [0.15, 0.2) is 11.6 Å². The first-order valence-corrected chi connectivity index (χ1v) is 7.08. The summed E-state index contributed by atoms with van der Waals surface area (Å²) < 4.78 is 7.27. The van der Waals surface area contributed by atoms with Crippen molar-refractivity contribution >= 4 is 22.1 Å². The van der Waals surface area contributed by atoms with E-state index in [2.05, 4.69) is 6.07 Å². The molecular weight excluding hydrogens is 260 g/mol. The molecule has 0 aliphatic rings. The molecule has 0 fully saturated rings. The standard InChI is InChI=1S/C14H16N2O2S/c1-9(2)18-14(17)12-10(3)7-16-11(5-4-6-15)8-19-13(12)16/h7-9H,4-5H2,1-3H3. The molecule has 4 nitrogen and oxygen atoms in total. The molecule has 2 rings (SSSR count). The van der Waals surface area contributed by atoms with E-state index in [1.165, 1.54) is 11.3 Å². The third-order valence-electron chi connectivity index (χ3n) is 2.81. The van der Waals surface area contributed by atoms with Gasteiger partial charge in [0.05, 0.1) is 17.7 Å². The number of nitrogens with zero attached hydrogens (tertiary/aromatic N) is 2. The Hall–Kier alpha value is -1.80. The Balaban J connectivity index is 2.40. The SMILES string of the molecule is Cc1cn2c(CCC#N)csc2c1C(=O)OC(C)C. The first-order valence-electron chi connectivity index (χ1n) is 6.20. The second-order valence-electron chi connectivity index (χ2n) is 4.70. The van der Waals surface area contributed by atoms with Crippen molar-refractivity contribution in [3.63, 3.8) is 0 Å². The van der Waals surface area contributed by atoms with Gasteiger partial charge in [0.15, 0.2) is 0 Å². The molecule has 2 aromatic heterocycles. The predicted octanol–water partition coefficient (Wildman–Crippen LogP) is 3.33. The normalized spacial score (nSPS) is 10.9. The van der Waals surface area contributed by atoms with E-state index in [-0.39, 0.29) is 12.1 Å². The van der Waals surface area contributed by atoms with Crippen LogP contribution >= 0.6 is 11.3 Å². The summed E-state index contributed by atoms with van der Waals surface area (Å²) in [6, 6.07) is 2.14. The summed E-state index contributed by atoms with van der Waals surface area (Å²) in [6.07, 6.45) is 2.99. The Morgan fingerprint density at radius 2 is 2.32 bits per heavy atom. The molecule has 5 heteroatoms. The number of nitriles is 1. The van der Waals surface area contributed by atoms with Crippen molar-refractivity contribution in [2.75, 3.05) is 0 Å². The van der Waals surface area contributed by atoms with Crippen LogP contribution in [-0.2, 0) is 11.2 Å². The maximum Gasteiger partial charge on any atom is 0.341 e. The first-order chi connectivity index (χ1) is 9.04. The van der Waals surface area contributed by atoms with Gasteiger partial charge >= 0.3 is 5.97 Å². The second-order valence-corrected chi connectivity index (χ2v) is 5.56. The van der Waals surface area contributed by atoms with Crippen molar-refractivity contribution in [3.8, 4) is 6.07 Å². The van der Waals surface area contributed by atoms with E-state index in [9.17, 15) is 4.79 Å². The molecule has 0 bridgehead atoms. The molecule has 0 spiro atoms. The van der Waals surface area contributed by atoms with Crippen LogP contribution in [0.2, 0.25) is 0 Å². The molecule has 0 atom stereocenters. The minimum atomic E-state index is -0.274. The van der Waals surface area contributed by atoms with Gasteiger partial charge in [0, 0.05) is 30.1 Å². The number of ether oxygens (including phenoxy) is 1. The minimum Gasteiger partial charge on any atom is -0.459 e. The molecule has 2 aromatic rings. The second kappa shape index (κ2) is 5.45. The molecule has 19 heavy (non-hydrogen) atoms. The first kappa shape index (κ1) is 13.6. The molecule has 0 aliphatic carbocycles. The van der Waals surface area contributed by atoms with Crippen LogP contribution in [0.4, 0.5) is 0 Å². The van der Waals surface area contributed by atoms with Gasteiger partial charge in [-0.25, -0.2) is 4.79 Å². The number of esters is 1. The molecule has 0 aromatic carbocycles. The maximum atomic E-state index is 12.1. The number of carbonyl (C=O) groups is 1. The van der Waals surface area contributed by atoms with Crippen molar-refractivity contribution in [3.05, 3.63) is 28.4 Å². The molecule has 100 valence electrons. The van der Waals surface area contributed by atoms with Crippen LogP contribution < -0.4 is 0 Å². The quantitative estimate of drug-likeness (QED) is 0.805. The van der Waals surface area contributed by atoms with E-state index < -0.39 is 0 Å². The zero-order valence-corrected chi connectivity index (χ0v) is 12.1. The fraction of sp³-hybridized carbons (Fsp3) is 0.429. The summed E-state index contributed by atoms with van der Waals surface area (Å²) in [7, 11) is 0. The van der Waals surface area contributed by atoms with Crippen LogP contribution in [0.3, 0.4) is 0 Å². The van der Waals surface area contributed by atoms with Gasteiger partial charge in [-0.15, -0.1) is 11.3 Å². The van der Waals surface area contributed by atoms with Gasteiger partial charge in [0.2, 0.25) is 0 Å². The lowest BCUT2D eigenvalue weighted by Gasteiger charge is -2.07. The fourth-order valence-electron chi connectivity index (χ4n) is 2.00. The fourth-order valence-corrected chi connectivity index (χ4v) is 3.13. The molecule has 0 saturated carbocycles. The van der Waals surface area contributed by atoms with Gasteiger partial charge < -0.3 is 9.14 Å². The Bertz CT molecular complexity index is 646. The monoisotopic (exact) mass is 276 g/mol. The number of carbonyl (C=O) groups excluding carboxylic acids is 1. The highest BCUT2D eigenvalue weighted by Crippen LogP contribution is 2.27. The summed E-state index contributed by atoms with van der Waals surface area (Å²) in [6.45, 7) is 5.59. The van der Waals surface area contributed by atoms with Gasteiger partial charge in [-0.2, -0.15) is 5.26 Å². The van der Waals surface area contributed by atoms with Crippen LogP contribution in [0.25, 0.3) is 4.83 Å². The smallest absolute Gasteiger partial charge is 0.341 e. The number of thiazole rings is 1. The lowest BCUT2D eigenvalue weighted by Crippen LogP contribution is -2.11. The van der Waals surface area contributed by atoms with Crippen molar-refractivity contribution in [2.24, 2.45) is 0 Å². The number of rotatable bonds is 4. The average Bonchev–Trinajstić information content (AvgIpc) is 2.83. The highest BCUT2D eigenvalue weighted by Gasteiger charge is 2.20. The van der Waals surface area contributed by atoms with Crippen molar-refractivity contribution in [2.45, 2.75) is 39.7 Å². The average molecular weight is 276 g/mol. The zero-order valence-electron chi connectivity index (χ0n) is 11.3. The van der Waals surface area contributed by atoms with E-state index in [0.717, 1.165) is 16.1 Å². The van der Waals surface area contributed by atoms with E-state index in [1.54, 1.807) is 0 Å². The molecular formula is C14H16N2O2S. The summed E-state index contributed by atoms with van der Waals surface area (Å²) in [5.74, 6) is -0.274. The number of aromatic nitrogens is 1. The van der Waals surface area contributed by atoms with Gasteiger partial charge in [-0.3, -0.25) is 0 Å². The van der Waals surface area contributed by atoms with Gasteiger partial charge in [-0.05, 0) is 26.3 Å². The molecule has 0 aliphatic heterocycles. The van der Waals surface area contributed by atoms with Crippen LogP contribution in [-0.4, -0.2) is 16.5 Å². The number of fused-ring (bicyclic) bond motifs is 1. The summed E-state index contributed by atoms with van der Waals surface area (Å²) in [5, 5.41) is 10.7. The molecule has 0 unspecified atom stereocenters. The van der Waals surface area contributed by atoms with Crippen LogP contribution in [0, 0.1) is 18.3 Å². The lowest BCUT2D eigenvalue weighted by atomic mass is 10.2. The van der Waals surface area contributed by atoms with Gasteiger partial charge in [0.1, 0.15) is 4.83 Å². The lowest BCUT2D eigenvalue weighted by molar-refractivity contribution is 0.0380. The highest BCUT2D eigenvalue weighted by molar-refractivity contribution is 7.16. The topological polar surface area (TPSA) is 54.5 Å². The Kier molecular flexibility index (Phi) is 3.91. The molecule has 0 radical (unpaired) electrons. The van der Waals surface area contributed by atoms with E-state index in [1.807, 2.05) is 36.7 Å². The summed E-state index contributed by atoms with van der Waals surface area (Å²) in [5.41, 5.74) is 2.62. The summed E-state index contributed by atoms with van der Waals surface area (Å²) in [4.78, 5) is 13.0. The third kappa shape index (κ3) is 2.64. The van der Waals surface area contributed by atoms with Crippen molar-refractivity contribution in [1.82, 2.24) is 4.40 Å². The summed E-state index contributed by atoms with van der Waals surface area (Å²) >= 11 is 1.52. The number of aryl methyl sites for hydroxylation is 2. The van der Waals surface area contributed by atoms with Crippen LogP contribution in [0.5, 0.6) is 0 Å². The molecule has 0 amide bonds. The highest BCUT2D eigenvalue weighted by atomic mass is 32.1. The number of hydrogen-bond acceptors (Lipinski definition) is 4. The van der Waals surface area contributed by atoms with E-state index in [0.29, 0.717) is 18.4 Å². The Labute approximate surface area is 116 Å². The third-order valence-corrected chi connectivity index (χ3v) is 3.82. The van der Waals surface area contributed by atoms with E-state index in [4.69, 9.17) is 10.00 Å². The predicted molar refractivity (Wildman–Crippen MR) is 74.5 cm³/mol. The molecule has 2 heterocycles. The van der Waals surface area contributed by atoms with Crippen molar-refractivity contribution < 1.29 is 9.53 Å². The Morgan fingerprint density at radius 1 is 1.58 bits per heavy atom. The van der Waals surface area contributed by atoms with E-state index >= 15 is 0 Å².